The van der Waals surface area contributed by atoms with Crippen molar-refractivity contribution in [3.8, 4) is 29.1 Å². The van der Waals surface area contributed by atoms with E-state index in [0.29, 0.717) is 91.7 Å². The molecular weight excluding hydrogens is 884 g/mol. The summed E-state index contributed by atoms with van der Waals surface area (Å²) < 4.78 is 65.9. The second-order valence-electron chi connectivity index (χ2n) is 17.3. The molecule has 4 aliphatic heterocycles. The number of hydrogen-bond acceptors (Lipinski definition) is 12. The summed E-state index contributed by atoms with van der Waals surface area (Å²) in [5, 5.41) is 16.8. The number of carbonyl (C=O) groups is 4. The van der Waals surface area contributed by atoms with E-state index in [9.17, 15) is 24.4 Å². The van der Waals surface area contributed by atoms with E-state index in [-0.39, 0.29) is 61.0 Å². The molecule has 0 saturated carbocycles. The highest BCUT2D eigenvalue weighted by Crippen LogP contribution is 2.41. The predicted octanol–water partition coefficient (Wildman–Crippen LogP) is 6.68. The molecule has 16 nitrogen and oxygen atoms in total. The fraction of sp³-hybridized carbons (Fsp3) is 0.388. The van der Waals surface area contributed by atoms with Gasteiger partial charge in [-0.05, 0) is 73.4 Å². The lowest BCUT2D eigenvalue weighted by atomic mass is 9.97. The number of nitrogens with one attached hydrogen (secondary N) is 1. The highest BCUT2D eigenvalue weighted by molar-refractivity contribution is 6.24. The zero-order chi connectivity index (χ0) is 47.9. The molecule has 0 bridgehead atoms. The average Bonchev–Trinajstić information content (AvgIpc) is 3.77. The first-order chi connectivity index (χ1) is 32.8. The van der Waals surface area contributed by atoms with Crippen LogP contribution < -0.4 is 29.3 Å². The van der Waals surface area contributed by atoms with Crippen LogP contribution in [0.5, 0.6) is 23.0 Å². The molecule has 9 rings (SSSR count). The van der Waals surface area contributed by atoms with Crippen LogP contribution in [0.15, 0.2) is 72.8 Å². The summed E-state index contributed by atoms with van der Waals surface area (Å²) in [6.45, 7) is 4.25. The molecule has 2 atom stereocenters. The van der Waals surface area contributed by atoms with E-state index in [0.717, 1.165) is 10.5 Å². The number of likely N-dealkylation sites (tertiary alicyclic amines) is 1. The van der Waals surface area contributed by atoms with Crippen LogP contribution in [-0.4, -0.2) is 126 Å². The SMILES string of the molecule is CCOc1cc(C(CC#N)N2C(=O)c3cccc(N4CCN(C5CCN(CCc6ccc(Oc7cc8c(cc7F)c(N7CCC(=O)NC7=O)nn8C)cc6)CC5(F)F)CC4)c3C2=O)ccc1OC. The van der Waals surface area contributed by atoms with Gasteiger partial charge in [-0.1, -0.05) is 24.3 Å². The van der Waals surface area contributed by atoms with Crippen molar-refractivity contribution in [3.05, 3.63) is 101 Å². The molecule has 0 spiro atoms. The number of piperidine rings is 1. The number of urea groups is 1. The Morgan fingerprint density at radius 2 is 1.71 bits per heavy atom. The van der Waals surface area contributed by atoms with E-state index in [1.807, 2.05) is 28.9 Å². The molecule has 2 unspecified atom stereocenters. The number of carbonyl (C=O) groups excluding carboxylic acids is 4. The second kappa shape index (κ2) is 18.8. The molecule has 5 heterocycles. The van der Waals surface area contributed by atoms with Crippen molar-refractivity contribution < 1.29 is 46.6 Å². The zero-order valence-corrected chi connectivity index (χ0v) is 37.8. The molecule has 1 N–H and O–H groups in total. The number of anilines is 2. The van der Waals surface area contributed by atoms with Gasteiger partial charge < -0.3 is 19.1 Å². The first-order valence-corrected chi connectivity index (χ1v) is 22.6. The number of benzene rings is 4. The number of aryl methyl sites for hydroxylation is 1. The van der Waals surface area contributed by atoms with Crippen molar-refractivity contribution in [2.75, 3.05) is 75.9 Å². The largest absolute Gasteiger partial charge is 0.493 e. The van der Waals surface area contributed by atoms with Crippen LogP contribution in [0, 0.1) is 17.1 Å². The van der Waals surface area contributed by atoms with Gasteiger partial charge in [0, 0.05) is 70.7 Å². The number of imide groups is 2. The lowest BCUT2D eigenvalue weighted by Crippen LogP contribution is -2.62. The van der Waals surface area contributed by atoms with Gasteiger partial charge in [-0.25, -0.2) is 18.0 Å². The highest BCUT2D eigenvalue weighted by atomic mass is 19.3. The summed E-state index contributed by atoms with van der Waals surface area (Å²) in [4.78, 5) is 60.3. The third kappa shape index (κ3) is 8.76. The summed E-state index contributed by atoms with van der Waals surface area (Å²) in [6, 6.07) is 19.6. The number of rotatable bonds is 14. The molecule has 5 amide bonds. The van der Waals surface area contributed by atoms with Gasteiger partial charge in [0.1, 0.15) is 5.75 Å². The molecule has 4 aromatic carbocycles. The summed E-state index contributed by atoms with van der Waals surface area (Å²) in [5.41, 5.74) is 3.00. The maximum Gasteiger partial charge on any atom is 0.329 e. The number of piperazine rings is 1. The van der Waals surface area contributed by atoms with Gasteiger partial charge in [-0.3, -0.25) is 44.0 Å². The van der Waals surface area contributed by atoms with Crippen molar-refractivity contribution in [1.82, 2.24) is 29.8 Å². The van der Waals surface area contributed by atoms with E-state index in [1.165, 1.54) is 28.8 Å². The Morgan fingerprint density at radius 1 is 0.926 bits per heavy atom. The van der Waals surface area contributed by atoms with Crippen molar-refractivity contribution in [2.45, 2.75) is 50.6 Å². The number of aromatic nitrogens is 2. The number of fused-ring (bicyclic) bond motifs is 2. The van der Waals surface area contributed by atoms with Crippen LogP contribution in [0.4, 0.5) is 29.5 Å². The zero-order valence-electron chi connectivity index (χ0n) is 37.8. The number of nitriles is 1. The number of nitrogens with zero attached hydrogens (tertiary/aromatic N) is 8. The minimum Gasteiger partial charge on any atom is -0.493 e. The highest BCUT2D eigenvalue weighted by Gasteiger charge is 2.48. The average molecular weight is 934 g/mol. The van der Waals surface area contributed by atoms with Crippen molar-refractivity contribution in [1.29, 1.82) is 5.26 Å². The molecule has 4 aliphatic rings. The summed E-state index contributed by atoms with van der Waals surface area (Å²) in [5.74, 6) is -3.58. The smallest absolute Gasteiger partial charge is 0.329 e. The first-order valence-electron chi connectivity index (χ1n) is 22.6. The van der Waals surface area contributed by atoms with E-state index in [4.69, 9.17) is 14.2 Å². The van der Waals surface area contributed by atoms with Crippen molar-refractivity contribution >= 4 is 46.2 Å². The molecule has 68 heavy (non-hydrogen) atoms. The minimum atomic E-state index is -2.98. The first kappa shape index (κ1) is 46.0. The Bertz CT molecular complexity index is 2820. The molecule has 5 aromatic rings. The Balaban J connectivity index is 0.790. The molecule has 0 aliphatic carbocycles. The standard InChI is InChI=1S/C49H50F3N9O7/c1-4-67-41-26-31(10-13-39(41)66-3)36(14-18-53)61-46(63)33-6-5-7-37(44(33)47(61)64)58-22-24-59(25-23-58)42-16-20-57(29-49(42,51)52)19-15-30-8-11-32(12-9-30)68-40-28-38-34(27-35(40)50)45(55-56(38)2)60-21-17-43(62)54-48(60)65/h5-13,26-28,36,42H,4,14-17,19-25,29H2,1-3H3,(H,54,62,65). The summed E-state index contributed by atoms with van der Waals surface area (Å²) >= 11 is 0. The third-order valence-corrected chi connectivity index (χ3v) is 13.2. The van der Waals surface area contributed by atoms with E-state index in [2.05, 4.69) is 16.5 Å². The normalized spacial score (nSPS) is 19.2. The van der Waals surface area contributed by atoms with Gasteiger partial charge in [0.2, 0.25) is 5.91 Å². The molecule has 1 aromatic heterocycles. The topological polar surface area (TPSA) is 166 Å². The van der Waals surface area contributed by atoms with E-state index < -0.39 is 41.7 Å². The number of alkyl halides is 2. The van der Waals surface area contributed by atoms with E-state index in [1.54, 1.807) is 60.5 Å². The summed E-state index contributed by atoms with van der Waals surface area (Å²) in [6.07, 6.45) is 0.752. The number of ether oxygens (including phenoxy) is 3. The van der Waals surface area contributed by atoms with Crippen LogP contribution in [0.1, 0.15) is 64.1 Å². The van der Waals surface area contributed by atoms with Gasteiger partial charge in [-0.15, -0.1) is 0 Å². The molecule has 3 saturated heterocycles. The minimum absolute atomic E-state index is 0.0454. The monoisotopic (exact) mass is 933 g/mol. The maximum atomic E-state index is 16.0. The van der Waals surface area contributed by atoms with Crippen LogP contribution in [0.25, 0.3) is 10.9 Å². The molecular formula is C49H50F3N9O7. The van der Waals surface area contributed by atoms with Crippen LogP contribution in [0.2, 0.25) is 0 Å². The quantitative estimate of drug-likeness (QED) is 0.118. The van der Waals surface area contributed by atoms with Crippen LogP contribution >= 0.6 is 0 Å². The summed E-state index contributed by atoms with van der Waals surface area (Å²) in [7, 11) is 3.17. The number of hydrogen-bond donors (Lipinski definition) is 1. The fourth-order valence-electron chi connectivity index (χ4n) is 9.78. The Kier molecular flexibility index (Phi) is 12.7. The van der Waals surface area contributed by atoms with Crippen LogP contribution in [0.3, 0.4) is 0 Å². The Morgan fingerprint density at radius 3 is 2.41 bits per heavy atom. The molecule has 354 valence electrons. The van der Waals surface area contributed by atoms with Gasteiger partial charge in [0.05, 0.1) is 67.2 Å². The molecule has 3 fully saturated rings. The second-order valence-corrected chi connectivity index (χ2v) is 17.3. The Hall–Kier alpha value is -7.17. The van der Waals surface area contributed by atoms with E-state index >= 15 is 13.2 Å². The number of halogens is 3. The predicted molar refractivity (Wildman–Crippen MR) is 244 cm³/mol. The van der Waals surface area contributed by atoms with Crippen molar-refractivity contribution in [2.24, 2.45) is 7.05 Å². The van der Waals surface area contributed by atoms with Gasteiger partial charge in [-0.2, -0.15) is 10.4 Å². The van der Waals surface area contributed by atoms with Gasteiger partial charge in [0.25, 0.3) is 17.7 Å². The maximum absolute atomic E-state index is 16.0. The molecule has 19 heteroatoms. The lowest BCUT2D eigenvalue weighted by molar-refractivity contribution is -0.127. The number of methoxy groups -OCH3 is 1. The van der Waals surface area contributed by atoms with Crippen molar-refractivity contribution in [3.63, 3.8) is 0 Å². The van der Waals surface area contributed by atoms with Gasteiger partial charge >= 0.3 is 6.03 Å². The van der Waals surface area contributed by atoms with Crippen LogP contribution in [-0.2, 0) is 18.3 Å². The van der Waals surface area contributed by atoms with Gasteiger partial charge in [0.15, 0.2) is 28.9 Å². The third-order valence-electron chi connectivity index (χ3n) is 13.2. The lowest BCUT2D eigenvalue weighted by Gasteiger charge is -2.46. The number of amides is 5. The fourth-order valence-corrected chi connectivity index (χ4v) is 9.78. The molecule has 0 radical (unpaired) electrons. The Labute approximate surface area is 390 Å².